The van der Waals surface area contributed by atoms with Crippen LogP contribution in [0.3, 0.4) is 0 Å². The highest BCUT2D eigenvalue weighted by molar-refractivity contribution is 7.80. The summed E-state index contributed by atoms with van der Waals surface area (Å²) in [5.41, 5.74) is 3.05. The van der Waals surface area contributed by atoms with Crippen molar-refractivity contribution in [3.8, 4) is 0 Å². The number of hydrogen-bond acceptors (Lipinski definition) is 4. The van der Waals surface area contributed by atoms with E-state index in [1.807, 2.05) is 0 Å². The van der Waals surface area contributed by atoms with E-state index < -0.39 is 16.1 Å². The number of carbonyl (C=O) groups is 1. The van der Waals surface area contributed by atoms with Crippen molar-refractivity contribution in [3.63, 3.8) is 0 Å². The normalized spacial score (nSPS) is 18.8. The molecule has 1 unspecified atom stereocenters. The van der Waals surface area contributed by atoms with Crippen LogP contribution in [0.15, 0.2) is 18.2 Å². The van der Waals surface area contributed by atoms with Crippen LogP contribution in [0.4, 0.5) is 10.5 Å². The molecule has 0 aliphatic carbocycles. The van der Waals surface area contributed by atoms with Gasteiger partial charge in [-0.2, -0.15) is 5.43 Å². The number of halogens is 5. The van der Waals surface area contributed by atoms with E-state index in [4.69, 9.17) is 75.0 Å². The van der Waals surface area contributed by atoms with Gasteiger partial charge in [0.2, 0.25) is 0 Å². The fraction of sp³-hybridized carbons (Fsp3) is 0.273. The Morgan fingerprint density at radius 1 is 1.27 bits per heavy atom. The number of urea groups is 1. The highest BCUT2D eigenvalue weighted by Crippen LogP contribution is 2.36. The van der Waals surface area contributed by atoms with E-state index in [-0.39, 0.29) is 5.05 Å². The van der Waals surface area contributed by atoms with Crippen molar-refractivity contribution in [1.82, 2.24) is 10.4 Å². The van der Waals surface area contributed by atoms with E-state index in [0.29, 0.717) is 15.7 Å². The molecule has 0 saturated carbocycles. The minimum Gasteiger partial charge on any atom is -0.487 e. The summed E-state index contributed by atoms with van der Waals surface area (Å²) in [6, 6.07) is 3.93. The standard InChI is InChI=1S/C11H8Cl5N3O2S/c1-21-9(22)8-17-19(11(14,15)16)10(20)18(8)7-3-5(12)2-6(13)4-7/h2-4,8,17H,1H3. The smallest absolute Gasteiger partial charge is 0.344 e. The first-order valence-corrected chi connectivity index (χ1v) is 7.95. The lowest BCUT2D eigenvalue weighted by Crippen LogP contribution is -2.47. The minimum absolute atomic E-state index is 0.0706. The van der Waals surface area contributed by atoms with Crippen molar-refractivity contribution in [3.05, 3.63) is 28.2 Å². The van der Waals surface area contributed by atoms with Crippen LogP contribution in [-0.2, 0) is 4.74 Å². The third-order valence-electron chi connectivity index (χ3n) is 2.71. The molecule has 0 radical (unpaired) electrons. The van der Waals surface area contributed by atoms with Gasteiger partial charge in [-0.3, -0.25) is 4.90 Å². The van der Waals surface area contributed by atoms with Crippen molar-refractivity contribution >= 4 is 87.0 Å². The number of ether oxygens (including phenoxy) is 1. The first-order valence-electron chi connectivity index (χ1n) is 5.65. The molecule has 22 heavy (non-hydrogen) atoms. The molecular formula is C11H8Cl5N3O2S. The number of carbonyl (C=O) groups excluding carboxylic acids is 1. The second kappa shape index (κ2) is 6.73. The van der Waals surface area contributed by atoms with Gasteiger partial charge in [-0.1, -0.05) is 58.0 Å². The third kappa shape index (κ3) is 3.64. The molecule has 1 atom stereocenters. The van der Waals surface area contributed by atoms with Gasteiger partial charge < -0.3 is 4.74 Å². The van der Waals surface area contributed by atoms with Crippen molar-refractivity contribution < 1.29 is 9.53 Å². The van der Waals surface area contributed by atoms with Gasteiger partial charge in [0.1, 0.15) is 0 Å². The molecule has 1 aromatic rings. The average molecular weight is 424 g/mol. The van der Waals surface area contributed by atoms with Crippen LogP contribution in [0.2, 0.25) is 10.0 Å². The zero-order chi connectivity index (χ0) is 16.7. The molecule has 1 aromatic carbocycles. The Kier molecular flexibility index (Phi) is 5.54. The zero-order valence-electron chi connectivity index (χ0n) is 10.8. The Labute approximate surface area is 156 Å². The predicted octanol–water partition coefficient (Wildman–Crippen LogP) is 4.37. The summed E-state index contributed by atoms with van der Waals surface area (Å²) in [4.78, 5) is 13.8. The third-order valence-corrected chi connectivity index (χ3v) is 4.04. The Bertz CT molecular complexity index is 604. The lowest BCUT2D eigenvalue weighted by molar-refractivity contribution is 0.200. The molecule has 5 nitrogen and oxygen atoms in total. The fourth-order valence-electron chi connectivity index (χ4n) is 1.84. The monoisotopic (exact) mass is 421 g/mol. The van der Waals surface area contributed by atoms with Gasteiger partial charge in [0.15, 0.2) is 11.2 Å². The van der Waals surface area contributed by atoms with Gasteiger partial charge in [-0.05, 0) is 30.4 Å². The van der Waals surface area contributed by atoms with Crippen LogP contribution in [-0.4, -0.2) is 33.3 Å². The largest absolute Gasteiger partial charge is 0.487 e. The molecule has 0 aromatic heterocycles. The number of nitrogens with one attached hydrogen (secondary N) is 1. The molecule has 1 saturated heterocycles. The first-order chi connectivity index (χ1) is 10.1. The Morgan fingerprint density at radius 3 is 2.27 bits per heavy atom. The molecule has 120 valence electrons. The van der Waals surface area contributed by atoms with Crippen molar-refractivity contribution in [2.75, 3.05) is 12.0 Å². The van der Waals surface area contributed by atoms with Gasteiger partial charge in [-0.15, -0.1) is 0 Å². The summed E-state index contributed by atoms with van der Waals surface area (Å²) in [6.45, 7) is 0. The van der Waals surface area contributed by atoms with E-state index >= 15 is 0 Å². The van der Waals surface area contributed by atoms with E-state index in [1.165, 1.54) is 30.2 Å². The van der Waals surface area contributed by atoms with Crippen molar-refractivity contribution in [2.24, 2.45) is 0 Å². The van der Waals surface area contributed by atoms with E-state index in [9.17, 15) is 4.79 Å². The molecule has 11 heteroatoms. The molecular weight excluding hydrogens is 415 g/mol. The number of amides is 2. The van der Waals surface area contributed by atoms with Gasteiger partial charge >= 0.3 is 6.03 Å². The second-order valence-corrected chi connectivity index (χ2v) is 7.63. The quantitative estimate of drug-likeness (QED) is 0.436. The highest BCUT2D eigenvalue weighted by Gasteiger charge is 2.48. The summed E-state index contributed by atoms with van der Waals surface area (Å²) >= 11 is 34.3. The topological polar surface area (TPSA) is 44.8 Å². The molecule has 1 aliphatic heterocycles. The molecule has 0 bridgehead atoms. The number of methoxy groups -OCH3 is 1. The van der Waals surface area contributed by atoms with E-state index in [2.05, 4.69) is 5.43 Å². The molecule has 1 fully saturated rings. The van der Waals surface area contributed by atoms with Crippen LogP contribution in [0.1, 0.15) is 0 Å². The second-order valence-electron chi connectivity index (χ2n) is 4.14. The number of hydrazine groups is 1. The zero-order valence-corrected chi connectivity index (χ0v) is 15.4. The number of nitrogens with zero attached hydrogens (tertiary/aromatic N) is 2. The van der Waals surface area contributed by atoms with Crippen LogP contribution in [0, 0.1) is 0 Å². The summed E-state index contributed by atoms with van der Waals surface area (Å²) in [5, 5.41) is 1.55. The minimum atomic E-state index is -2.02. The van der Waals surface area contributed by atoms with Crippen LogP contribution >= 0.6 is 70.2 Å². The van der Waals surface area contributed by atoms with Gasteiger partial charge in [-0.25, -0.2) is 9.80 Å². The highest BCUT2D eigenvalue weighted by atomic mass is 35.6. The van der Waals surface area contributed by atoms with Crippen molar-refractivity contribution in [1.29, 1.82) is 0 Å². The number of hydrogen-bond donors (Lipinski definition) is 1. The van der Waals surface area contributed by atoms with Crippen LogP contribution in [0.5, 0.6) is 0 Å². The number of rotatable bonds is 2. The molecule has 2 amide bonds. The van der Waals surface area contributed by atoms with Gasteiger partial charge in [0.05, 0.1) is 12.8 Å². The lowest BCUT2D eigenvalue weighted by Gasteiger charge is -2.23. The maximum atomic E-state index is 12.5. The number of alkyl halides is 3. The molecule has 0 spiro atoms. The van der Waals surface area contributed by atoms with Crippen LogP contribution in [0.25, 0.3) is 0 Å². The summed E-state index contributed by atoms with van der Waals surface area (Å²) in [6.07, 6.45) is -0.863. The van der Waals surface area contributed by atoms with E-state index in [1.54, 1.807) is 0 Å². The molecule has 1 heterocycles. The fourth-order valence-corrected chi connectivity index (χ4v) is 2.88. The Balaban J connectivity index is 2.49. The summed E-state index contributed by atoms with van der Waals surface area (Å²) < 4.78 is 2.99. The summed E-state index contributed by atoms with van der Waals surface area (Å²) in [7, 11) is 1.37. The first kappa shape index (κ1) is 18.1. The van der Waals surface area contributed by atoms with Gasteiger partial charge in [0, 0.05) is 10.0 Å². The number of benzene rings is 1. The number of thiocarbonyl (C=S) groups is 1. The molecule has 1 aliphatic rings. The molecule has 1 N–H and O–H groups in total. The summed E-state index contributed by atoms with van der Waals surface area (Å²) in [5.74, 6) is 0. The van der Waals surface area contributed by atoms with Gasteiger partial charge in [0.25, 0.3) is 3.92 Å². The average Bonchev–Trinajstić information content (AvgIpc) is 2.74. The Hall–Kier alpha value is -0.210. The Morgan fingerprint density at radius 2 is 1.82 bits per heavy atom. The predicted molar refractivity (Wildman–Crippen MR) is 93.0 cm³/mol. The van der Waals surface area contributed by atoms with Crippen LogP contribution < -0.4 is 10.3 Å². The maximum Gasteiger partial charge on any atom is 0.344 e. The SMILES string of the molecule is COC(=S)C1NN(C(Cl)(Cl)Cl)C(=O)N1c1cc(Cl)cc(Cl)c1. The maximum absolute atomic E-state index is 12.5. The lowest BCUT2D eigenvalue weighted by atomic mass is 10.3. The van der Waals surface area contributed by atoms with Crippen molar-refractivity contribution in [2.45, 2.75) is 10.1 Å². The number of anilines is 1. The molecule has 2 rings (SSSR count). The van der Waals surface area contributed by atoms with E-state index in [0.717, 1.165) is 5.01 Å².